The number of nitrogens with zero attached hydrogens (tertiary/aromatic N) is 1. The Morgan fingerprint density at radius 3 is 2.48 bits per heavy atom. The molecule has 0 aliphatic rings. The predicted octanol–water partition coefficient (Wildman–Crippen LogP) is 3.30. The van der Waals surface area contributed by atoms with Gasteiger partial charge in [-0.1, -0.05) is 35.9 Å². The Hall–Kier alpha value is -2.09. The van der Waals surface area contributed by atoms with Crippen molar-refractivity contribution in [3.8, 4) is 5.75 Å². The van der Waals surface area contributed by atoms with Crippen LogP contribution in [0.2, 0.25) is 5.02 Å². The molecule has 0 unspecified atom stereocenters. The highest BCUT2D eigenvalue weighted by molar-refractivity contribution is 7.88. The van der Waals surface area contributed by atoms with Gasteiger partial charge in [0.25, 0.3) is 0 Å². The van der Waals surface area contributed by atoms with Crippen molar-refractivity contribution in [1.29, 1.82) is 0 Å². The Bertz CT molecular complexity index is 963. The van der Waals surface area contributed by atoms with E-state index in [4.69, 9.17) is 16.3 Å². The maximum atomic E-state index is 12.4. The fourth-order valence-electron chi connectivity index (χ4n) is 2.65. The van der Waals surface area contributed by atoms with Crippen molar-refractivity contribution in [3.05, 3.63) is 64.2 Å². The average Bonchev–Trinajstić information content (AvgIpc) is 2.63. The summed E-state index contributed by atoms with van der Waals surface area (Å²) in [6.07, 6.45) is 1.07. The van der Waals surface area contributed by atoms with Crippen LogP contribution in [0.1, 0.15) is 23.6 Å². The molecule has 2 rings (SSSR count). The van der Waals surface area contributed by atoms with Crippen LogP contribution in [0.15, 0.2) is 42.5 Å². The molecule has 29 heavy (non-hydrogen) atoms. The lowest BCUT2D eigenvalue weighted by atomic mass is 10.1. The minimum Gasteiger partial charge on any atom is -0.491 e. The molecule has 1 amide bonds. The molecule has 6 nitrogen and oxygen atoms in total. The van der Waals surface area contributed by atoms with E-state index in [0.717, 1.165) is 21.9 Å². The molecule has 0 spiro atoms. The zero-order valence-corrected chi connectivity index (χ0v) is 18.7. The third kappa shape index (κ3) is 7.34. The molecule has 0 aromatic heterocycles. The van der Waals surface area contributed by atoms with Crippen LogP contribution in [0.3, 0.4) is 0 Å². The highest BCUT2D eigenvalue weighted by Gasteiger charge is 2.22. The molecule has 0 heterocycles. The van der Waals surface area contributed by atoms with Crippen LogP contribution >= 0.6 is 11.6 Å². The molecule has 158 valence electrons. The molecule has 0 bridgehead atoms. The summed E-state index contributed by atoms with van der Waals surface area (Å²) in [6, 6.07) is 12.5. The van der Waals surface area contributed by atoms with E-state index in [1.54, 1.807) is 31.2 Å². The highest BCUT2D eigenvalue weighted by Crippen LogP contribution is 2.18. The normalized spacial score (nSPS) is 12.6. The predicted molar refractivity (Wildman–Crippen MR) is 116 cm³/mol. The van der Waals surface area contributed by atoms with E-state index >= 15 is 0 Å². The molecule has 2 aromatic carbocycles. The summed E-state index contributed by atoms with van der Waals surface area (Å²) in [5.41, 5.74) is 2.94. The number of ether oxygens (including phenoxy) is 1. The zero-order valence-electron chi connectivity index (χ0n) is 17.1. The Morgan fingerprint density at radius 2 is 1.86 bits per heavy atom. The van der Waals surface area contributed by atoms with Crippen LogP contribution < -0.4 is 10.1 Å². The monoisotopic (exact) mass is 438 g/mol. The van der Waals surface area contributed by atoms with Gasteiger partial charge in [-0.15, -0.1) is 0 Å². The summed E-state index contributed by atoms with van der Waals surface area (Å²) < 4.78 is 31.1. The van der Waals surface area contributed by atoms with Crippen molar-refractivity contribution in [3.63, 3.8) is 0 Å². The standard InChI is InChI=1S/C21H27ClN2O4S/c1-15-9-10-19(11-16(15)2)28-14-17(3)23-21(25)13-24(29(4,26)27)12-18-7-5-6-8-20(18)22/h5-11,17H,12-14H2,1-4H3,(H,23,25)/t17-/m1/s1. The van der Waals surface area contributed by atoms with Gasteiger partial charge in [0.15, 0.2) is 0 Å². The lowest BCUT2D eigenvalue weighted by Gasteiger charge is -2.22. The molecule has 0 fully saturated rings. The van der Waals surface area contributed by atoms with Crippen LogP contribution in [0.25, 0.3) is 0 Å². The number of hydrogen-bond donors (Lipinski definition) is 1. The Balaban J connectivity index is 1.93. The van der Waals surface area contributed by atoms with Crippen LogP contribution in [-0.2, 0) is 21.4 Å². The number of halogens is 1. The van der Waals surface area contributed by atoms with E-state index in [0.29, 0.717) is 10.6 Å². The quantitative estimate of drug-likeness (QED) is 0.651. The molecule has 0 aliphatic carbocycles. The van der Waals surface area contributed by atoms with Crippen molar-refractivity contribution in [2.75, 3.05) is 19.4 Å². The third-order valence-corrected chi connectivity index (χ3v) is 6.04. The van der Waals surface area contributed by atoms with Gasteiger partial charge in [0.1, 0.15) is 12.4 Å². The van der Waals surface area contributed by atoms with Crippen molar-refractivity contribution in [2.45, 2.75) is 33.4 Å². The number of benzene rings is 2. The van der Waals surface area contributed by atoms with Crippen molar-refractivity contribution < 1.29 is 17.9 Å². The maximum Gasteiger partial charge on any atom is 0.235 e. The fourth-order valence-corrected chi connectivity index (χ4v) is 3.58. The van der Waals surface area contributed by atoms with E-state index in [9.17, 15) is 13.2 Å². The summed E-state index contributed by atoms with van der Waals surface area (Å²) in [7, 11) is -3.59. The molecule has 0 aliphatic heterocycles. The second-order valence-corrected chi connectivity index (χ2v) is 9.54. The summed E-state index contributed by atoms with van der Waals surface area (Å²) in [5.74, 6) is 0.323. The van der Waals surface area contributed by atoms with Gasteiger partial charge >= 0.3 is 0 Å². The van der Waals surface area contributed by atoms with Gasteiger partial charge in [-0.25, -0.2) is 8.42 Å². The van der Waals surface area contributed by atoms with E-state index in [1.807, 2.05) is 32.0 Å². The van der Waals surface area contributed by atoms with Gasteiger partial charge < -0.3 is 10.1 Å². The molecule has 8 heteroatoms. The Morgan fingerprint density at radius 1 is 1.17 bits per heavy atom. The smallest absolute Gasteiger partial charge is 0.235 e. The average molecular weight is 439 g/mol. The fraction of sp³-hybridized carbons (Fsp3) is 0.381. The minimum atomic E-state index is -3.59. The zero-order chi connectivity index (χ0) is 21.6. The molecule has 0 radical (unpaired) electrons. The molecule has 1 N–H and O–H groups in total. The molecule has 2 aromatic rings. The van der Waals surface area contributed by atoms with Gasteiger partial charge in [-0.3, -0.25) is 4.79 Å². The summed E-state index contributed by atoms with van der Waals surface area (Å²) in [6.45, 7) is 5.84. The summed E-state index contributed by atoms with van der Waals surface area (Å²) in [4.78, 5) is 12.4. The lowest BCUT2D eigenvalue weighted by Crippen LogP contribution is -2.44. The number of rotatable bonds is 9. The highest BCUT2D eigenvalue weighted by atomic mass is 35.5. The van der Waals surface area contributed by atoms with Crippen molar-refractivity contribution in [2.24, 2.45) is 0 Å². The molecule has 0 saturated carbocycles. The van der Waals surface area contributed by atoms with Crippen LogP contribution in [0, 0.1) is 13.8 Å². The molecular weight excluding hydrogens is 412 g/mol. The van der Waals surface area contributed by atoms with Gasteiger partial charge in [0, 0.05) is 11.6 Å². The number of carbonyl (C=O) groups excluding carboxylic acids is 1. The Labute approximate surface area is 177 Å². The largest absolute Gasteiger partial charge is 0.491 e. The second-order valence-electron chi connectivity index (χ2n) is 7.15. The van der Waals surface area contributed by atoms with E-state index in [1.165, 1.54) is 5.56 Å². The molecule has 1 atom stereocenters. The first kappa shape index (κ1) is 23.2. The van der Waals surface area contributed by atoms with E-state index in [-0.39, 0.29) is 25.7 Å². The molecular formula is C21H27ClN2O4S. The molecule has 0 saturated heterocycles. The maximum absolute atomic E-state index is 12.4. The SMILES string of the molecule is Cc1ccc(OC[C@@H](C)NC(=O)CN(Cc2ccccc2Cl)S(C)(=O)=O)cc1C. The summed E-state index contributed by atoms with van der Waals surface area (Å²) >= 11 is 6.12. The lowest BCUT2D eigenvalue weighted by molar-refractivity contribution is -0.122. The van der Waals surface area contributed by atoms with Crippen molar-refractivity contribution in [1.82, 2.24) is 9.62 Å². The first-order valence-corrected chi connectivity index (χ1v) is 11.5. The van der Waals surface area contributed by atoms with Gasteiger partial charge in [0.05, 0.1) is 18.8 Å². The first-order valence-electron chi connectivity index (χ1n) is 9.24. The first-order chi connectivity index (χ1) is 13.6. The van der Waals surface area contributed by atoms with Gasteiger partial charge in [0.2, 0.25) is 15.9 Å². The number of nitrogens with one attached hydrogen (secondary N) is 1. The van der Waals surface area contributed by atoms with E-state index in [2.05, 4.69) is 5.32 Å². The van der Waals surface area contributed by atoms with E-state index < -0.39 is 15.9 Å². The van der Waals surface area contributed by atoms with Crippen LogP contribution in [0.5, 0.6) is 5.75 Å². The number of carbonyl (C=O) groups is 1. The second kappa shape index (κ2) is 10.1. The number of sulfonamides is 1. The van der Waals surface area contributed by atoms with Crippen LogP contribution in [-0.4, -0.2) is 44.1 Å². The number of hydrogen-bond acceptors (Lipinski definition) is 4. The third-order valence-electron chi connectivity index (χ3n) is 4.48. The summed E-state index contributed by atoms with van der Waals surface area (Å²) in [5, 5.41) is 3.23. The van der Waals surface area contributed by atoms with Gasteiger partial charge in [-0.05, 0) is 55.7 Å². The minimum absolute atomic E-state index is 0.0272. The topological polar surface area (TPSA) is 75.7 Å². The van der Waals surface area contributed by atoms with Crippen molar-refractivity contribution >= 4 is 27.5 Å². The van der Waals surface area contributed by atoms with Gasteiger partial charge in [-0.2, -0.15) is 4.31 Å². The number of amides is 1. The Kier molecular flexibility index (Phi) is 8.07. The number of aryl methyl sites for hydroxylation is 2. The van der Waals surface area contributed by atoms with Crippen LogP contribution in [0.4, 0.5) is 0 Å².